The minimum absolute atomic E-state index is 0.0211. The van der Waals surface area contributed by atoms with E-state index in [1.165, 1.54) is 0 Å². The van der Waals surface area contributed by atoms with Crippen molar-refractivity contribution in [3.8, 4) is 17.2 Å². The second-order valence-electron chi connectivity index (χ2n) is 8.10. The molecule has 11 heteroatoms. The van der Waals surface area contributed by atoms with E-state index >= 15 is 0 Å². The smallest absolute Gasteiger partial charge is 0.241 e. The number of methoxy groups -OCH3 is 1. The van der Waals surface area contributed by atoms with Crippen LogP contribution < -0.4 is 25.2 Å². The molecule has 3 aromatic carbocycles. The second-order valence-corrected chi connectivity index (χ2v) is 8.87. The Bertz CT molecular complexity index is 1430. The SMILES string of the molecule is COc1ccc(C2CC(=O)NN2c2ccc(OCNc3ccc(-n4c(=S)[nH][nH]c4=S)cc3)cc2)cc1. The summed E-state index contributed by atoms with van der Waals surface area (Å²) in [6.45, 7) is 0.289. The van der Waals surface area contributed by atoms with Crippen LogP contribution in [-0.4, -0.2) is 34.5 Å². The molecule has 1 fully saturated rings. The van der Waals surface area contributed by atoms with Crippen LogP contribution in [0.15, 0.2) is 72.8 Å². The average Bonchev–Trinajstić information content (AvgIpc) is 3.46. The molecule has 9 nitrogen and oxygen atoms in total. The Kier molecular flexibility index (Phi) is 6.74. The second kappa shape index (κ2) is 10.3. The number of carbonyl (C=O) groups is 1. The van der Waals surface area contributed by atoms with Gasteiger partial charge in [0, 0.05) is 5.69 Å². The molecule has 1 aliphatic rings. The molecule has 4 N–H and O–H groups in total. The first-order chi connectivity index (χ1) is 17.5. The number of anilines is 2. The standard InChI is InChI=1S/C25H24N6O3S2/c1-33-20-10-2-16(3-11-20)22-14-23(32)29-31(22)19-8-12-21(13-9-19)34-15-26-17-4-6-18(7-5-17)30-24(35)27-28-25(30)36/h2-13,22,26H,14-15H2,1H3,(H,27,35)(H,28,36)(H,29,32). The highest BCUT2D eigenvalue weighted by molar-refractivity contribution is 7.72. The predicted octanol–water partition coefficient (Wildman–Crippen LogP) is 5.03. The van der Waals surface area contributed by atoms with E-state index in [0.717, 1.165) is 28.4 Å². The molecule has 0 radical (unpaired) electrons. The van der Waals surface area contributed by atoms with E-state index in [0.29, 0.717) is 21.7 Å². The number of nitrogens with zero attached hydrogens (tertiary/aromatic N) is 2. The van der Waals surface area contributed by atoms with Crippen molar-refractivity contribution in [3.05, 3.63) is 87.9 Å². The number of nitrogens with one attached hydrogen (secondary N) is 4. The third-order valence-corrected chi connectivity index (χ3v) is 6.44. The highest BCUT2D eigenvalue weighted by Gasteiger charge is 2.31. The van der Waals surface area contributed by atoms with Crippen molar-refractivity contribution in [2.75, 3.05) is 24.2 Å². The van der Waals surface area contributed by atoms with Crippen LogP contribution >= 0.6 is 24.4 Å². The summed E-state index contributed by atoms with van der Waals surface area (Å²) >= 11 is 10.5. The zero-order valence-electron chi connectivity index (χ0n) is 19.4. The van der Waals surface area contributed by atoms with Gasteiger partial charge in [-0.05, 0) is 90.7 Å². The summed E-state index contributed by atoms with van der Waals surface area (Å²) in [5.74, 6) is 1.47. The van der Waals surface area contributed by atoms with E-state index in [9.17, 15) is 4.79 Å². The number of hydrazine groups is 1. The summed E-state index contributed by atoms with van der Waals surface area (Å²) < 4.78 is 13.9. The first-order valence-electron chi connectivity index (χ1n) is 11.2. The van der Waals surface area contributed by atoms with E-state index in [2.05, 4.69) is 20.9 Å². The molecule has 0 spiro atoms. The molecule has 1 saturated heterocycles. The van der Waals surface area contributed by atoms with Crippen LogP contribution in [0.3, 0.4) is 0 Å². The Hall–Kier alpha value is -4.09. The number of ether oxygens (including phenoxy) is 2. The van der Waals surface area contributed by atoms with E-state index in [4.69, 9.17) is 33.9 Å². The van der Waals surface area contributed by atoms with Gasteiger partial charge in [0.15, 0.2) is 16.3 Å². The van der Waals surface area contributed by atoms with Crippen LogP contribution in [0.2, 0.25) is 0 Å². The first-order valence-corrected chi connectivity index (χ1v) is 12.0. The van der Waals surface area contributed by atoms with Crippen LogP contribution in [0, 0.1) is 9.54 Å². The third-order valence-electron chi connectivity index (χ3n) is 5.87. The van der Waals surface area contributed by atoms with E-state index in [1.807, 2.05) is 77.8 Å². The van der Waals surface area contributed by atoms with Crippen molar-refractivity contribution in [2.24, 2.45) is 0 Å². The number of aromatic amines is 2. The molecule has 4 aromatic rings. The molecule has 0 aliphatic carbocycles. The molecule has 1 amide bonds. The van der Waals surface area contributed by atoms with Gasteiger partial charge in [-0.1, -0.05) is 12.1 Å². The van der Waals surface area contributed by atoms with Crippen molar-refractivity contribution < 1.29 is 14.3 Å². The quantitative estimate of drug-likeness (QED) is 0.191. The van der Waals surface area contributed by atoms with Gasteiger partial charge in [-0.15, -0.1) is 0 Å². The van der Waals surface area contributed by atoms with Crippen molar-refractivity contribution in [1.82, 2.24) is 20.2 Å². The summed E-state index contributed by atoms with van der Waals surface area (Å²) in [5, 5.41) is 10.8. The number of rotatable bonds is 8. The van der Waals surface area contributed by atoms with Crippen molar-refractivity contribution in [2.45, 2.75) is 12.5 Å². The Balaban J connectivity index is 1.19. The van der Waals surface area contributed by atoms with Gasteiger partial charge >= 0.3 is 0 Å². The normalized spacial score (nSPS) is 15.0. The number of H-pyrrole nitrogens is 2. The highest BCUT2D eigenvalue weighted by Crippen LogP contribution is 2.33. The fourth-order valence-corrected chi connectivity index (χ4v) is 4.60. The molecule has 0 bridgehead atoms. The monoisotopic (exact) mass is 520 g/mol. The number of carbonyl (C=O) groups excluding carboxylic acids is 1. The lowest BCUT2D eigenvalue weighted by atomic mass is 10.0. The molecule has 0 saturated carbocycles. The van der Waals surface area contributed by atoms with Crippen LogP contribution in [-0.2, 0) is 4.79 Å². The van der Waals surface area contributed by atoms with Crippen molar-refractivity contribution >= 4 is 41.7 Å². The minimum Gasteiger partial charge on any atom is -0.497 e. The maximum Gasteiger partial charge on any atom is 0.241 e. The van der Waals surface area contributed by atoms with E-state index < -0.39 is 0 Å². The number of amides is 1. The van der Waals surface area contributed by atoms with Gasteiger partial charge in [-0.25, -0.2) is 0 Å². The fraction of sp³-hybridized carbons (Fsp3) is 0.160. The third kappa shape index (κ3) is 4.97. The van der Waals surface area contributed by atoms with E-state index in [-0.39, 0.29) is 18.7 Å². The Morgan fingerprint density at radius 2 is 1.50 bits per heavy atom. The van der Waals surface area contributed by atoms with Gasteiger partial charge in [0.05, 0.1) is 30.9 Å². The molecular weight excluding hydrogens is 496 g/mol. The topological polar surface area (TPSA) is 99.3 Å². The number of hydrogen-bond acceptors (Lipinski definition) is 7. The zero-order chi connectivity index (χ0) is 25.1. The molecule has 1 atom stereocenters. The highest BCUT2D eigenvalue weighted by atomic mass is 32.1. The molecule has 5 rings (SSSR count). The average molecular weight is 521 g/mol. The molecule has 1 aliphatic heterocycles. The van der Waals surface area contributed by atoms with Gasteiger partial charge in [0.1, 0.15) is 11.5 Å². The summed E-state index contributed by atoms with van der Waals surface area (Å²) in [4.78, 5) is 12.2. The largest absolute Gasteiger partial charge is 0.497 e. The number of hydrogen-bond donors (Lipinski definition) is 4. The predicted molar refractivity (Wildman–Crippen MR) is 143 cm³/mol. The maximum absolute atomic E-state index is 12.2. The summed E-state index contributed by atoms with van der Waals surface area (Å²) in [6.07, 6.45) is 0.385. The van der Waals surface area contributed by atoms with Crippen LogP contribution in [0.5, 0.6) is 11.5 Å². The molecule has 36 heavy (non-hydrogen) atoms. The van der Waals surface area contributed by atoms with Crippen LogP contribution in [0.1, 0.15) is 18.0 Å². The summed E-state index contributed by atoms with van der Waals surface area (Å²) in [7, 11) is 1.63. The lowest BCUT2D eigenvalue weighted by Gasteiger charge is -2.26. The fourth-order valence-electron chi connectivity index (χ4n) is 4.04. The van der Waals surface area contributed by atoms with Gasteiger partial charge in [-0.2, -0.15) is 0 Å². The van der Waals surface area contributed by atoms with Crippen LogP contribution in [0.4, 0.5) is 11.4 Å². The Morgan fingerprint density at radius 1 is 0.889 bits per heavy atom. The van der Waals surface area contributed by atoms with Crippen LogP contribution in [0.25, 0.3) is 5.69 Å². The number of aromatic nitrogens is 3. The summed E-state index contributed by atoms with van der Waals surface area (Å²) in [5.41, 5.74) is 6.62. The molecule has 184 valence electrons. The number of benzene rings is 3. The molecule has 2 heterocycles. The molecular formula is C25H24N6O3S2. The minimum atomic E-state index is -0.101. The van der Waals surface area contributed by atoms with Crippen molar-refractivity contribution in [1.29, 1.82) is 0 Å². The summed E-state index contributed by atoms with van der Waals surface area (Å²) in [6, 6.07) is 23.0. The molecule has 1 unspecified atom stereocenters. The zero-order valence-corrected chi connectivity index (χ0v) is 21.0. The van der Waals surface area contributed by atoms with Gasteiger partial charge < -0.3 is 14.8 Å². The van der Waals surface area contributed by atoms with Gasteiger partial charge in [-0.3, -0.25) is 30.0 Å². The lowest BCUT2D eigenvalue weighted by Crippen LogP contribution is -2.34. The van der Waals surface area contributed by atoms with Gasteiger partial charge in [0.2, 0.25) is 5.91 Å². The first kappa shape index (κ1) is 23.6. The Morgan fingerprint density at radius 3 is 2.14 bits per heavy atom. The van der Waals surface area contributed by atoms with Crippen molar-refractivity contribution in [3.63, 3.8) is 0 Å². The Labute approximate surface area is 217 Å². The molecule has 1 aromatic heterocycles. The van der Waals surface area contributed by atoms with E-state index in [1.54, 1.807) is 11.7 Å². The van der Waals surface area contributed by atoms with Gasteiger partial charge in [0.25, 0.3) is 0 Å². The maximum atomic E-state index is 12.2. The lowest BCUT2D eigenvalue weighted by molar-refractivity contribution is -0.119.